The molecule has 158 valence electrons. The molecular formula is C23H26N2O4S. The number of nitrogens with one attached hydrogen (secondary N) is 1. The third-order valence-electron chi connectivity index (χ3n) is 6.05. The highest BCUT2D eigenvalue weighted by Gasteiger charge is 2.38. The van der Waals surface area contributed by atoms with E-state index in [4.69, 9.17) is 4.42 Å². The maximum atomic E-state index is 13.2. The van der Waals surface area contributed by atoms with Gasteiger partial charge >= 0.3 is 0 Å². The minimum absolute atomic E-state index is 0.164. The first kappa shape index (κ1) is 20.6. The molecule has 0 saturated heterocycles. The molecule has 6 nitrogen and oxygen atoms in total. The molecule has 2 heterocycles. The van der Waals surface area contributed by atoms with Crippen LogP contribution in [0.2, 0.25) is 0 Å². The van der Waals surface area contributed by atoms with E-state index in [1.165, 1.54) is 0 Å². The molecule has 0 radical (unpaired) electrons. The molecule has 2 atom stereocenters. The van der Waals surface area contributed by atoms with Crippen LogP contribution in [-0.4, -0.2) is 24.6 Å². The van der Waals surface area contributed by atoms with Crippen molar-refractivity contribution in [2.24, 2.45) is 11.8 Å². The first-order chi connectivity index (χ1) is 14.4. The molecule has 1 aromatic carbocycles. The van der Waals surface area contributed by atoms with E-state index in [-0.39, 0.29) is 35.3 Å². The molecule has 1 N–H and O–H groups in total. The number of rotatable bonds is 5. The smallest absolute Gasteiger partial charge is 0.287 e. The fourth-order valence-corrected chi connectivity index (χ4v) is 6.81. The van der Waals surface area contributed by atoms with Gasteiger partial charge < -0.3 is 9.73 Å². The number of aromatic nitrogens is 1. The number of furan rings is 1. The predicted octanol–water partition coefficient (Wildman–Crippen LogP) is 4.36. The van der Waals surface area contributed by atoms with E-state index in [0.717, 1.165) is 30.2 Å². The SMILES string of the molecule is CC1CCCC(C)C1S(=O)(=O)c1ccc(CNC(=O)c2cc3ccncc3o2)cc1. The molecule has 0 bridgehead atoms. The van der Waals surface area contributed by atoms with Gasteiger partial charge in [-0.25, -0.2) is 8.42 Å². The Morgan fingerprint density at radius 1 is 1.13 bits per heavy atom. The van der Waals surface area contributed by atoms with Gasteiger partial charge in [-0.1, -0.05) is 32.4 Å². The monoisotopic (exact) mass is 426 g/mol. The number of hydrogen-bond acceptors (Lipinski definition) is 5. The highest BCUT2D eigenvalue weighted by molar-refractivity contribution is 7.92. The summed E-state index contributed by atoms with van der Waals surface area (Å²) >= 11 is 0. The van der Waals surface area contributed by atoms with Crippen LogP contribution in [0.5, 0.6) is 0 Å². The van der Waals surface area contributed by atoms with Crippen molar-refractivity contribution in [2.75, 3.05) is 0 Å². The van der Waals surface area contributed by atoms with Gasteiger partial charge in [0.1, 0.15) is 0 Å². The van der Waals surface area contributed by atoms with Crippen LogP contribution in [0, 0.1) is 11.8 Å². The van der Waals surface area contributed by atoms with Gasteiger partial charge in [-0.15, -0.1) is 0 Å². The van der Waals surface area contributed by atoms with Crippen LogP contribution in [0.3, 0.4) is 0 Å². The number of hydrogen-bond donors (Lipinski definition) is 1. The summed E-state index contributed by atoms with van der Waals surface area (Å²) in [6.45, 7) is 4.36. The number of sulfone groups is 1. The average Bonchev–Trinajstić information content (AvgIpc) is 3.16. The van der Waals surface area contributed by atoms with Crippen molar-refractivity contribution < 1.29 is 17.6 Å². The van der Waals surface area contributed by atoms with E-state index in [1.807, 2.05) is 13.8 Å². The normalized spacial score (nSPS) is 22.1. The Bertz CT molecular complexity index is 1110. The lowest BCUT2D eigenvalue weighted by Gasteiger charge is -2.34. The number of amides is 1. The first-order valence-electron chi connectivity index (χ1n) is 10.3. The van der Waals surface area contributed by atoms with Crippen LogP contribution in [0.1, 0.15) is 49.2 Å². The van der Waals surface area contributed by atoms with Crippen molar-refractivity contribution in [3.63, 3.8) is 0 Å². The van der Waals surface area contributed by atoms with Crippen LogP contribution >= 0.6 is 0 Å². The van der Waals surface area contributed by atoms with Gasteiger partial charge in [0.25, 0.3) is 5.91 Å². The first-order valence-corrected chi connectivity index (χ1v) is 11.9. The van der Waals surface area contributed by atoms with Gasteiger partial charge in [0, 0.05) is 18.1 Å². The number of pyridine rings is 1. The molecule has 2 unspecified atom stereocenters. The second-order valence-electron chi connectivity index (χ2n) is 8.25. The Kier molecular flexibility index (Phi) is 5.64. The lowest BCUT2D eigenvalue weighted by molar-refractivity contribution is 0.0925. The zero-order chi connectivity index (χ0) is 21.3. The summed E-state index contributed by atoms with van der Waals surface area (Å²) in [5.41, 5.74) is 1.38. The average molecular weight is 427 g/mol. The van der Waals surface area contributed by atoms with Crippen molar-refractivity contribution in [2.45, 2.75) is 49.8 Å². The summed E-state index contributed by atoms with van der Waals surface area (Å²) < 4.78 is 31.9. The Morgan fingerprint density at radius 3 is 2.50 bits per heavy atom. The number of nitrogens with zero attached hydrogens (tertiary/aromatic N) is 1. The van der Waals surface area contributed by atoms with Gasteiger partial charge in [0.15, 0.2) is 21.2 Å². The number of carbonyl (C=O) groups is 1. The van der Waals surface area contributed by atoms with Gasteiger partial charge in [0.2, 0.25) is 0 Å². The van der Waals surface area contributed by atoms with E-state index < -0.39 is 9.84 Å². The molecule has 0 aliphatic heterocycles. The molecule has 4 rings (SSSR count). The van der Waals surface area contributed by atoms with Crippen LogP contribution in [0.25, 0.3) is 11.0 Å². The largest absolute Gasteiger partial charge is 0.449 e. The molecule has 2 aromatic heterocycles. The van der Waals surface area contributed by atoms with Crippen molar-refractivity contribution in [3.8, 4) is 0 Å². The number of carbonyl (C=O) groups excluding carboxylic acids is 1. The second kappa shape index (κ2) is 8.22. The van der Waals surface area contributed by atoms with Crippen molar-refractivity contribution in [1.82, 2.24) is 10.3 Å². The molecule has 7 heteroatoms. The number of fused-ring (bicyclic) bond motifs is 1. The lowest BCUT2D eigenvalue weighted by Crippen LogP contribution is -2.37. The fourth-order valence-electron chi connectivity index (χ4n) is 4.48. The quantitative estimate of drug-likeness (QED) is 0.655. The topological polar surface area (TPSA) is 89.3 Å². The Labute approximate surface area is 176 Å². The summed E-state index contributed by atoms with van der Waals surface area (Å²) in [5, 5.41) is 3.29. The maximum Gasteiger partial charge on any atom is 0.287 e. The van der Waals surface area contributed by atoms with Gasteiger partial charge in [-0.05, 0) is 54.5 Å². The predicted molar refractivity (Wildman–Crippen MR) is 115 cm³/mol. The summed E-state index contributed by atoms with van der Waals surface area (Å²) in [6.07, 6.45) is 6.21. The molecule has 0 spiro atoms. The molecule has 1 saturated carbocycles. The minimum Gasteiger partial charge on any atom is -0.449 e. The van der Waals surface area contributed by atoms with E-state index in [2.05, 4.69) is 10.3 Å². The lowest BCUT2D eigenvalue weighted by atomic mass is 9.83. The molecule has 1 fully saturated rings. The molecule has 1 aliphatic carbocycles. The van der Waals surface area contributed by atoms with E-state index in [9.17, 15) is 13.2 Å². The van der Waals surface area contributed by atoms with Crippen LogP contribution < -0.4 is 5.32 Å². The third kappa shape index (κ3) is 3.99. The number of benzene rings is 1. The van der Waals surface area contributed by atoms with E-state index in [1.54, 1.807) is 48.8 Å². The molecule has 3 aromatic rings. The summed E-state index contributed by atoms with van der Waals surface area (Å²) in [5.74, 6) is 0.221. The zero-order valence-corrected chi connectivity index (χ0v) is 18.0. The summed E-state index contributed by atoms with van der Waals surface area (Å²) in [7, 11) is -3.37. The molecule has 1 amide bonds. The highest BCUT2D eigenvalue weighted by Crippen LogP contribution is 2.36. The van der Waals surface area contributed by atoms with Crippen molar-refractivity contribution in [1.29, 1.82) is 0 Å². The minimum atomic E-state index is -3.37. The Morgan fingerprint density at radius 2 is 1.83 bits per heavy atom. The Balaban J connectivity index is 1.44. The maximum absolute atomic E-state index is 13.2. The van der Waals surface area contributed by atoms with Crippen LogP contribution in [0.4, 0.5) is 0 Å². The van der Waals surface area contributed by atoms with Gasteiger partial charge in [-0.2, -0.15) is 0 Å². The standard InChI is InChI=1S/C23H26N2O4S/c1-15-4-3-5-16(2)22(15)30(27,28)19-8-6-17(7-9-19)13-25-23(26)20-12-18-10-11-24-14-21(18)29-20/h6-12,14-16,22H,3-5,13H2,1-2H3,(H,25,26). The van der Waals surface area contributed by atoms with Gasteiger partial charge in [0.05, 0.1) is 16.3 Å². The summed E-state index contributed by atoms with van der Waals surface area (Å²) in [6, 6.07) is 10.3. The van der Waals surface area contributed by atoms with Crippen LogP contribution in [0.15, 0.2) is 58.1 Å². The summed E-state index contributed by atoms with van der Waals surface area (Å²) in [4.78, 5) is 16.7. The molecular weight excluding hydrogens is 400 g/mol. The van der Waals surface area contributed by atoms with Gasteiger partial charge in [-0.3, -0.25) is 9.78 Å². The van der Waals surface area contributed by atoms with E-state index in [0.29, 0.717) is 10.5 Å². The van der Waals surface area contributed by atoms with Crippen LogP contribution in [-0.2, 0) is 16.4 Å². The zero-order valence-electron chi connectivity index (χ0n) is 17.2. The Hall–Kier alpha value is -2.67. The van der Waals surface area contributed by atoms with Crippen molar-refractivity contribution >= 4 is 26.7 Å². The van der Waals surface area contributed by atoms with Crippen molar-refractivity contribution in [3.05, 3.63) is 60.1 Å². The molecule has 1 aliphatic rings. The third-order valence-corrected chi connectivity index (χ3v) is 8.63. The molecule has 30 heavy (non-hydrogen) atoms. The second-order valence-corrected chi connectivity index (χ2v) is 10.4. The highest BCUT2D eigenvalue weighted by atomic mass is 32.2. The fraction of sp³-hybridized carbons (Fsp3) is 0.391. The van der Waals surface area contributed by atoms with E-state index >= 15 is 0 Å².